The summed E-state index contributed by atoms with van der Waals surface area (Å²) >= 11 is 0. The smallest absolute Gasteiger partial charge is 0.241 e. The Balaban J connectivity index is 0.000000237. The zero-order valence-electron chi connectivity index (χ0n) is 22.0. The molecule has 2 fully saturated rings. The molecule has 0 radical (unpaired) electrons. The maximum Gasteiger partial charge on any atom is 0.241 e. The summed E-state index contributed by atoms with van der Waals surface area (Å²) in [4.78, 5) is 16.8. The molecule has 0 aromatic heterocycles. The predicted molar refractivity (Wildman–Crippen MR) is 146 cm³/mol. The quantitative estimate of drug-likeness (QED) is 0.455. The van der Waals surface area contributed by atoms with Crippen LogP contribution in [0.15, 0.2) is 91.0 Å². The molecule has 2 heterocycles. The summed E-state index contributed by atoms with van der Waals surface area (Å²) in [5, 5.41) is 2.97. The molecule has 1 amide bonds. The zero-order chi connectivity index (χ0) is 26.5. The Hall–Kier alpha value is -3.09. The van der Waals surface area contributed by atoms with Gasteiger partial charge < -0.3 is 10.2 Å². The van der Waals surface area contributed by atoms with Crippen LogP contribution in [0.5, 0.6) is 0 Å². The lowest BCUT2D eigenvalue weighted by Gasteiger charge is -2.41. The van der Waals surface area contributed by atoms with E-state index in [2.05, 4.69) is 22.0 Å². The van der Waals surface area contributed by atoms with Crippen molar-refractivity contribution < 1.29 is 13.6 Å². The third-order valence-corrected chi connectivity index (χ3v) is 7.26. The second kappa shape index (κ2) is 14.6. The van der Waals surface area contributed by atoms with Crippen LogP contribution in [0.25, 0.3) is 0 Å². The van der Waals surface area contributed by atoms with Gasteiger partial charge in [0.25, 0.3) is 0 Å². The largest absolute Gasteiger partial charge is 0.342 e. The molecule has 4 nitrogen and oxygen atoms in total. The molecule has 6 heteroatoms. The minimum absolute atomic E-state index is 0.172. The van der Waals surface area contributed by atoms with Crippen molar-refractivity contribution in [1.29, 1.82) is 0 Å². The fourth-order valence-electron chi connectivity index (χ4n) is 4.81. The summed E-state index contributed by atoms with van der Waals surface area (Å²) in [7, 11) is 2.04. The first-order valence-electron chi connectivity index (χ1n) is 13.1. The van der Waals surface area contributed by atoms with E-state index in [9.17, 15) is 13.6 Å². The van der Waals surface area contributed by atoms with Crippen LogP contribution < -0.4 is 5.32 Å². The monoisotopic (exact) mass is 507 g/mol. The minimum Gasteiger partial charge on any atom is -0.342 e. The van der Waals surface area contributed by atoms with E-state index < -0.39 is 0 Å². The Kier molecular flexibility index (Phi) is 11.2. The number of nitrogens with zero attached hydrogens (tertiary/aromatic N) is 2. The highest BCUT2D eigenvalue weighted by molar-refractivity contribution is 5.88. The Labute approximate surface area is 220 Å². The third-order valence-electron chi connectivity index (χ3n) is 7.26. The van der Waals surface area contributed by atoms with E-state index in [1.807, 2.05) is 55.6 Å². The molecular formula is C31H39F2N3O. The van der Waals surface area contributed by atoms with Gasteiger partial charge in [-0.3, -0.25) is 9.69 Å². The molecule has 2 aliphatic heterocycles. The van der Waals surface area contributed by atoms with Gasteiger partial charge >= 0.3 is 0 Å². The second-order valence-corrected chi connectivity index (χ2v) is 9.78. The normalized spacial score (nSPS) is 17.7. The first-order valence-corrected chi connectivity index (χ1v) is 13.1. The first kappa shape index (κ1) is 28.5. The van der Waals surface area contributed by atoms with Gasteiger partial charge in [0.05, 0.1) is 6.67 Å². The summed E-state index contributed by atoms with van der Waals surface area (Å²) in [6, 6.07) is 26.8. The topological polar surface area (TPSA) is 35.6 Å². The average Bonchev–Trinajstić information content (AvgIpc) is 3.20. The molecule has 1 spiro atoms. The third kappa shape index (κ3) is 8.76. The standard InChI is InChI=1S/C19H28FN3O.C6H5F.C6H6/c1-15(16-5-7-17(20)8-6-16)4-3-11-23-12-9-19(10-13-23)18(24)21-14-22(19)2;7-6-4-2-1-3-5-6;1-2-4-6-5-3-1/h5-8,15H,3-4,9-14H2,1-2H3,(H,21,24);1-5H;1-6H. The van der Waals surface area contributed by atoms with Crippen molar-refractivity contribution >= 4 is 5.91 Å². The Morgan fingerprint density at radius 2 is 1.35 bits per heavy atom. The Morgan fingerprint density at radius 1 is 0.838 bits per heavy atom. The zero-order valence-corrected chi connectivity index (χ0v) is 22.0. The molecule has 198 valence electrons. The van der Waals surface area contributed by atoms with Crippen LogP contribution in [0, 0.1) is 11.6 Å². The van der Waals surface area contributed by atoms with Crippen LogP contribution in [0.3, 0.4) is 0 Å². The van der Waals surface area contributed by atoms with Gasteiger partial charge in [0, 0.05) is 13.1 Å². The summed E-state index contributed by atoms with van der Waals surface area (Å²) in [5.74, 6) is 0.305. The van der Waals surface area contributed by atoms with E-state index in [-0.39, 0.29) is 23.1 Å². The number of benzene rings is 3. The van der Waals surface area contributed by atoms with Gasteiger partial charge in [-0.15, -0.1) is 0 Å². The van der Waals surface area contributed by atoms with Crippen molar-refractivity contribution in [3.63, 3.8) is 0 Å². The second-order valence-electron chi connectivity index (χ2n) is 9.78. The van der Waals surface area contributed by atoms with E-state index in [4.69, 9.17) is 0 Å². The van der Waals surface area contributed by atoms with E-state index in [0.29, 0.717) is 12.6 Å². The minimum atomic E-state index is -0.266. The van der Waals surface area contributed by atoms with Crippen molar-refractivity contribution in [2.45, 2.75) is 44.1 Å². The number of amides is 1. The number of piperidine rings is 1. The molecule has 1 unspecified atom stereocenters. The molecule has 3 aromatic rings. The van der Waals surface area contributed by atoms with Crippen LogP contribution in [-0.2, 0) is 4.79 Å². The molecule has 1 atom stereocenters. The van der Waals surface area contributed by atoms with Crippen molar-refractivity contribution in [3.05, 3.63) is 108 Å². The summed E-state index contributed by atoms with van der Waals surface area (Å²) in [6.45, 7) is 5.93. The number of hydrogen-bond donors (Lipinski definition) is 1. The fraction of sp³-hybridized carbons (Fsp3) is 0.387. The van der Waals surface area contributed by atoms with Crippen molar-refractivity contribution in [2.75, 3.05) is 33.4 Å². The average molecular weight is 508 g/mol. The predicted octanol–water partition coefficient (Wildman–Crippen LogP) is 6.08. The molecule has 2 aliphatic rings. The number of carbonyl (C=O) groups excluding carboxylic acids is 1. The lowest BCUT2D eigenvalue weighted by atomic mass is 9.86. The number of rotatable bonds is 5. The van der Waals surface area contributed by atoms with Gasteiger partial charge in [0.1, 0.15) is 17.2 Å². The van der Waals surface area contributed by atoms with Crippen LogP contribution >= 0.6 is 0 Å². The maximum absolute atomic E-state index is 13.0. The molecule has 5 rings (SSSR count). The number of likely N-dealkylation sites (N-methyl/N-ethyl adjacent to an activating group) is 1. The number of nitrogens with one attached hydrogen (secondary N) is 1. The molecule has 0 bridgehead atoms. The van der Waals surface area contributed by atoms with Crippen LogP contribution in [0.4, 0.5) is 8.78 Å². The molecule has 0 aliphatic carbocycles. The van der Waals surface area contributed by atoms with Crippen molar-refractivity contribution in [2.24, 2.45) is 0 Å². The van der Waals surface area contributed by atoms with Crippen molar-refractivity contribution in [3.8, 4) is 0 Å². The number of halogens is 2. The highest BCUT2D eigenvalue weighted by Crippen LogP contribution is 2.31. The Bertz CT molecular complexity index is 1010. The van der Waals surface area contributed by atoms with Gasteiger partial charge in [-0.2, -0.15) is 0 Å². The van der Waals surface area contributed by atoms with Gasteiger partial charge in [-0.05, 0) is 75.0 Å². The molecule has 3 aromatic carbocycles. The van der Waals surface area contributed by atoms with E-state index in [0.717, 1.165) is 45.3 Å². The highest BCUT2D eigenvalue weighted by atomic mass is 19.1. The summed E-state index contributed by atoms with van der Waals surface area (Å²) in [5.41, 5.74) is 0.941. The van der Waals surface area contributed by atoms with Gasteiger partial charge in [-0.1, -0.05) is 73.7 Å². The van der Waals surface area contributed by atoms with Gasteiger partial charge in [0.15, 0.2) is 0 Å². The fourth-order valence-corrected chi connectivity index (χ4v) is 4.81. The van der Waals surface area contributed by atoms with E-state index >= 15 is 0 Å². The number of likely N-dealkylation sites (tertiary alicyclic amines) is 1. The summed E-state index contributed by atoms with van der Waals surface area (Å²) in [6.07, 6.45) is 4.08. The van der Waals surface area contributed by atoms with Crippen LogP contribution in [-0.4, -0.2) is 54.6 Å². The van der Waals surface area contributed by atoms with Gasteiger partial charge in [-0.25, -0.2) is 8.78 Å². The summed E-state index contributed by atoms with van der Waals surface area (Å²) < 4.78 is 24.9. The first-order chi connectivity index (χ1) is 17.9. The SMILES string of the molecule is CC(CCCN1CCC2(CC1)C(=O)NCN2C)c1ccc(F)cc1.Fc1ccccc1.c1ccccc1. The van der Waals surface area contributed by atoms with Crippen molar-refractivity contribution in [1.82, 2.24) is 15.1 Å². The highest BCUT2D eigenvalue weighted by Gasteiger charge is 2.48. The lowest BCUT2D eigenvalue weighted by molar-refractivity contribution is -0.128. The molecule has 2 saturated heterocycles. The van der Waals surface area contributed by atoms with Crippen LogP contribution in [0.1, 0.15) is 44.1 Å². The van der Waals surface area contributed by atoms with E-state index in [1.54, 1.807) is 30.3 Å². The molecule has 1 N–H and O–H groups in total. The Morgan fingerprint density at radius 3 is 1.81 bits per heavy atom. The number of hydrogen-bond acceptors (Lipinski definition) is 3. The lowest BCUT2D eigenvalue weighted by Crippen LogP contribution is -2.55. The maximum atomic E-state index is 13.0. The molecular weight excluding hydrogens is 468 g/mol. The van der Waals surface area contributed by atoms with Gasteiger partial charge in [0.2, 0.25) is 5.91 Å². The number of carbonyl (C=O) groups is 1. The van der Waals surface area contributed by atoms with E-state index in [1.165, 1.54) is 17.7 Å². The van der Waals surface area contributed by atoms with Crippen LogP contribution in [0.2, 0.25) is 0 Å². The molecule has 0 saturated carbocycles. The molecule has 37 heavy (non-hydrogen) atoms.